The molecule has 21 heavy (non-hydrogen) atoms. The van der Waals surface area contributed by atoms with E-state index in [1.807, 2.05) is 19.1 Å². The second-order valence-electron chi connectivity index (χ2n) is 5.83. The zero-order chi connectivity index (χ0) is 15.4. The van der Waals surface area contributed by atoms with E-state index in [-0.39, 0.29) is 5.75 Å². The molecular formula is C16H25BrN2O2. The lowest BCUT2D eigenvalue weighted by Crippen LogP contribution is -2.36. The van der Waals surface area contributed by atoms with Crippen molar-refractivity contribution >= 4 is 15.9 Å². The summed E-state index contributed by atoms with van der Waals surface area (Å²) in [6.45, 7) is 5.59. The molecule has 5 heteroatoms. The summed E-state index contributed by atoms with van der Waals surface area (Å²) < 4.78 is 6.17. The van der Waals surface area contributed by atoms with Crippen LogP contribution in [0.4, 0.5) is 0 Å². The van der Waals surface area contributed by atoms with Crippen molar-refractivity contribution in [1.82, 2.24) is 9.80 Å². The van der Waals surface area contributed by atoms with E-state index in [2.05, 4.69) is 39.8 Å². The number of hydrogen-bond donors (Lipinski definition) is 1. The number of likely N-dealkylation sites (tertiary alicyclic amines) is 1. The lowest BCUT2D eigenvalue weighted by Gasteiger charge is -2.26. The Labute approximate surface area is 135 Å². The van der Waals surface area contributed by atoms with Gasteiger partial charge in [-0.15, -0.1) is 0 Å². The molecule has 1 aromatic rings. The molecule has 0 amide bonds. The van der Waals surface area contributed by atoms with Gasteiger partial charge in [-0.1, -0.05) is 0 Å². The first-order valence-corrected chi connectivity index (χ1v) is 8.33. The van der Waals surface area contributed by atoms with Gasteiger partial charge < -0.3 is 19.6 Å². The largest absolute Gasteiger partial charge is 0.503 e. The molecule has 0 bridgehead atoms. The van der Waals surface area contributed by atoms with Crippen LogP contribution in [0.2, 0.25) is 0 Å². The van der Waals surface area contributed by atoms with Gasteiger partial charge in [0.25, 0.3) is 0 Å². The van der Waals surface area contributed by atoms with Gasteiger partial charge in [-0.05, 0) is 74.0 Å². The standard InChI is InChI=1S/C16H25BrN2O2/c1-4-21-15-9-12(8-14(17)16(15)20)10-18(2)11-13-6-5-7-19(13)3/h8-9,13,20H,4-7,10-11H2,1-3H3. The highest BCUT2D eigenvalue weighted by Gasteiger charge is 2.22. The van der Waals surface area contributed by atoms with Crippen LogP contribution in [0.5, 0.6) is 11.5 Å². The van der Waals surface area contributed by atoms with Gasteiger partial charge in [-0.3, -0.25) is 0 Å². The van der Waals surface area contributed by atoms with E-state index in [0.717, 1.165) is 18.7 Å². The van der Waals surface area contributed by atoms with Crippen LogP contribution >= 0.6 is 15.9 Å². The molecule has 0 aliphatic carbocycles. The molecule has 0 radical (unpaired) electrons. The predicted octanol–water partition coefficient (Wildman–Crippen LogP) is 3.08. The summed E-state index contributed by atoms with van der Waals surface area (Å²) >= 11 is 3.40. The molecule has 1 N–H and O–H groups in total. The lowest BCUT2D eigenvalue weighted by atomic mass is 10.1. The third-order valence-electron chi connectivity index (χ3n) is 4.03. The maximum absolute atomic E-state index is 9.96. The van der Waals surface area contributed by atoms with Crippen molar-refractivity contribution in [3.8, 4) is 11.5 Å². The molecule has 1 aliphatic rings. The van der Waals surface area contributed by atoms with Crippen molar-refractivity contribution in [2.24, 2.45) is 0 Å². The highest BCUT2D eigenvalue weighted by atomic mass is 79.9. The third-order valence-corrected chi connectivity index (χ3v) is 4.64. The fraction of sp³-hybridized carbons (Fsp3) is 0.625. The van der Waals surface area contributed by atoms with E-state index in [4.69, 9.17) is 4.74 Å². The minimum absolute atomic E-state index is 0.179. The number of phenols is 1. The Balaban J connectivity index is 2.01. The van der Waals surface area contributed by atoms with Crippen LogP contribution in [0.1, 0.15) is 25.3 Å². The minimum Gasteiger partial charge on any atom is -0.503 e. The van der Waals surface area contributed by atoms with Gasteiger partial charge in [-0.25, -0.2) is 0 Å². The van der Waals surface area contributed by atoms with E-state index >= 15 is 0 Å². The number of halogens is 1. The van der Waals surface area contributed by atoms with Crippen LogP contribution in [-0.4, -0.2) is 54.7 Å². The first-order chi connectivity index (χ1) is 10.0. The Hall–Kier alpha value is -0.780. The monoisotopic (exact) mass is 356 g/mol. The second-order valence-corrected chi connectivity index (χ2v) is 6.69. The Kier molecular flexibility index (Phi) is 5.90. The molecule has 1 unspecified atom stereocenters. The second kappa shape index (κ2) is 7.47. The van der Waals surface area contributed by atoms with E-state index < -0.39 is 0 Å². The van der Waals surface area contributed by atoms with Gasteiger partial charge in [0.2, 0.25) is 0 Å². The van der Waals surface area contributed by atoms with Gasteiger partial charge in [0.15, 0.2) is 11.5 Å². The number of likely N-dealkylation sites (N-methyl/N-ethyl adjacent to an activating group) is 2. The molecule has 1 atom stereocenters. The van der Waals surface area contributed by atoms with Gasteiger partial charge in [-0.2, -0.15) is 0 Å². The van der Waals surface area contributed by atoms with Gasteiger partial charge in [0, 0.05) is 19.1 Å². The van der Waals surface area contributed by atoms with Crippen LogP contribution in [-0.2, 0) is 6.54 Å². The molecule has 1 aliphatic heterocycles. The number of ether oxygens (including phenoxy) is 1. The van der Waals surface area contributed by atoms with Gasteiger partial charge >= 0.3 is 0 Å². The molecule has 1 heterocycles. The fourth-order valence-corrected chi connectivity index (χ4v) is 3.42. The maximum atomic E-state index is 9.96. The molecule has 2 rings (SSSR count). The van der Waals surface area contributed by atoms with Gasteiger partial charge in [0.1, 0.15) is 0 Å². The quantitative estimate of drug-likeness (QED) is 0.849. The summed E-state index contributed by atoms with van der Waals surface area (Å²) in [6.07, 6.45) is 2.58. The number of rotatable bonds is 6. The van der Waals surface area contributed by atoms with Crippen molar-refractivity contribution in [1.29, 1.82) is 0 Å². The summed E-state index contributed by atoms with van der Waals surface area (Å²) in [7, 11) is 4.35. The smallest absolute Gasteiger partial charge is 0.172 e. The average Bonchev–Trinajstić information content (AvgIpc) is 2.81. The van der Waals surface area contributed by atoms with Crippen molar-refractivity contribution in [2.75, 3.05) is 33.8 Å². The van der Waals surface area contributed by atoms with Crippen molar-refractivity contribution in [3.63, 3.8) is 0 Å². The Morgan fingerprint density at radius 3 is 2.86 bits per heavy atom. The van der Waals surface area contributed by atoms with Crippen LogP contribution in [0.25, 0.3) is 0 Å². The van der Waals surface area contributed by atoms with Crippen LogP contribution < -0.4 is 4.74 Å². The first-order valence-electron chi connectivity index (χ1n) is 7.54. The highest BCUT2D eigenvalue weighted by Crippen LogP contribution is 2.35. The van der Waals surface area contributed by atoms with Crippen LogP contribution in [0.3, 0.4) is 0 Å². The number of hydrogen-bond acceptors (Lipinski definition) is 4. The molecule has 1 saturated heterocycles. The minimum atomic E-state index is 0.179. The Morgan fingerprint density at radius 1 is 1.48 bits per heavy atom. The number of aromatic hydroxyl groups is 1. The molecule has 1 aromatic carbocycles. The first kappa shape index (κ1) is 16.6. The summed E-state index contributed by atoms with van der Waals surface area (Å²) in [6, 6.07) is 4.55. The SMILES string of the molecule is CCOc1cc(CN(C)CC2CCCN2C)cc(Br)c1O. The Morgan fingerprint density at radius 2 is 2.24 bits per heavy atom. The number of nitrogens with zero attached hydrogens (tertiary/aromatic N) is 2. The van der Waals surface area contributed by atoms with E-state index in [0.29, 0.717) is 22.9 Å². The van der Waals surface area contributed by atoms with E-state index in [1.54, 1.807) is 0 Å². The van der Waals surface area contributed by atoms with Gasteiger partial charge in [0.05, 0.1) is 11.1 Å². The zero-order valence-corrected chi connectivity index (χ0v) is 14.7. The fourth-order valence-electron chi connectivity index (χ4n) is 2.93. The predicted molar refractivity (Wildman–Crippen MR) is 89.0 cm³/mol. The molecule has 0 aromatic heterocycles. The molecule has 4 nitrogen and oxygen atoms in total. The molecule has 0 spiro atoms. The summed E-state index contributed by atoms with van der Waals surface area (Å²) in [4.78, 5) is 4.77. The lowest BCUT2D eigenvalue weighted by molar-refractivity contribution is 0.215. The Bertz CT molecular complexity index is 482. The molecule has 0 saturated carbocycles. The number of phenolic OH excluding ortho intramolecular Hbond substituents is 1. The summed E-state index contributed by atoms with van der Waals surface area (Å²) in [5.41, 5.74) is 1.14. The summed E-state index contributed by atoms with van der Waals surface area (Å²) in [5.74, 6) is 0.729. The normalized spacial score (nSPS) is 19.4. The van der Waals surface area contributed by atoms with Crippen molar-refractivity contribution in [2.45, 2.75) is 32.4 Å². The van der Waals surface area contributed by atoms with Crippen molar-refractivity contribution < 1.29 is 9.84 Å². The molecule has 1 fully saturated rings. The maximum Gasteiger partial charge on any atom is 0.172 e. The highest BCUT2D eigenvalue weighted by molar-refractivity contribution is 9.10. The topological polar surface area (TPSA) is 35.9 Å². The van der Waals surface area contributed by atoms with E-state index in [1.165, 1.54) is 19.4 Å². The number of benzene rings is 1. The summed E-state index contributed by atoms with van der Waals surface area (Å²) in [5, 5.41) is 9.96. The molecule has 118 valence electrons. The molecular weight excluding hydrogens is 332 g/mol. The van der Waals surface area contributed by atoms with Crippen LogP contribution in [0, 0.1) is 0 Å². The van der Waals surface area contributed by atoms with Crippen LogP contribution in [0.15, 0.2) is 16.6 Å². The average molecular weight is 357 g/mol. The van der Waals surface area contributed by atoms with E-state index in [9.17, 15) is 5.11 Å². The zero-order valence-electron chi connectivity index (χ0n) is 13.1. The third kappa shape index (κ3) is 4.34. The van der Waals surface area contributed by atoms with Crippen molar-refractivity contribution in [3.05, 3.63) is 22.2 Å².